The van der Waals surface area contributed by atoms with Gasteiger partial charge in [0.15, 0.2) is 11.5 Å². The molecule has 2 aliphatic rings. The van der Waals surface area contributed by atoms with Crippen molar-refractivity contribution in [3.05, 3.63) is 53.3 Å². The van der Waals surface area contributed by atoms with E-state index >= 15 is 0 Å². The smallest absolute Gasteiger partial charge is 0.337 e. The Morgan fingerprint density at radius 2 is 2.00 bits per heavy atom. The summed E-state index contributed by atoms with van der Waals surface area (Å²) < 4.78 is 23.1. The molecule has 0 fully saturated rings. The number of benzene rings is 2. The maximum atomic E-state index is 12.6. The fraction of sp³-hybridized carbons (Fsp3) is 0.286. The largest absolute Gasteiger partial charge is 0.465 e. The van der Waals surface area contributed by atoms with E-state index < -0.39 is 5.97 Å². The Labute approximate surface area is 171 Å². The number of hydrogen-bond donors (Lipinski definition) is 1. The van der Waals surface area contributed by atoms with Gasteiger partial charge in [0.2, 0.25) is 6.79 Å². The molecule has 1 atom stereocenters. The van der Waals surface area contributed by atoms with Gasteiger partial charge in [0.25, 0.3) is 5.91 Å². The van der Waals surface area contributed by atoms with E-state index in [0.29, 0.717) is 47.9 Å². The van der Waals surface area contributed by atoms with Gasteiger partial charge in [-0.15, -0.1) is 0 Å². The molecule has 3 aromatic rings. The molecule has 1 aromatic heterocycles. The second-order valence-corrected chi connectivity index (χ2v) is 7.04. The highest BCUT2D eigenvalue weighted by Gasteiger charge is 2.25. The number of imidazole rings is 1. The summed E-state index contributed by atoms with van der Waals surface area (Å²) in [6.45, 7) is 1.34. The second kappa shape index (κ2) is 7.34. The van der Waals surface area contributed by atoms with Crippen LogP contribution in [0.25, 0.3) is 11.0 Å². The minimum absolute atomic E-state index is 0.124. The van der Waals surface area contributed by atoms with Gasteiger partial charge >= 0.3 is 5.97 Å². The lowest BCUT2D eigenvalue weighted by atomic mass is 10.1. The molecule has 9 nitrogen and oxygen atoms in total. The molecular formula is C21H19N3O6. The summed E-state index contributed by atoms with van der Waals surface area (Å²) in [5.74, 6) is 1.33. The van der Waals surface area contributed by atoms with Gasteiger partial charge in [0.05, 0.1) is 36.4 Å². The molecule has 5 rings (SSSR count). The molecule has 1 amide bonds. The third-order valence-corrected chi connectivity index (χ3v) is 5.22. The standard InChI is InChI=1S/C21H19N3O6/c1-27-21(26)13-2-4-16-15(6-13)23-19-10-28-9-14(24(16)19)8-22-20(25)12-3-5-17-18(7-12)30-11-29-17/h2-7,14H,8-11H2,1H3,(H,22,25)/t14-/m0/s1. The van der Waals surface area contributed by atoms with E-state index in [2.05, 4.69) is 14.9 Å². The number of amides is 1. The first kappa shape index (κ1) is 18.4. The molecule has 0 bridgehead atoms. The fourth-order valence-corrected chi connectivity index (χ4v) is 3.76. The molecule has 2 aliphatic heterocycles. The normalized spacial score (nSPS) is 16.9. The van der Waals surface area contributed by atoms with E-state index in [1.807, 2.05) is 6.07 Å². The Morgan fingerprint density at radius 1 is 1.17 bits per heavy atom. The first-order valence-electron chi connectivity index (χ1n) is 9.49. The van der Waals surface area contributed by atoms with Crippen molar-refractivity contribution in [2.24, 2.45) is 0 Å². The van der Waals surface area contributed by atoms with Crippen LogP contribution in [0.2, 0.25) is 0 Å². The third-order valence-electron chi connectivity index (χ3n) is 5.22. The Morgan fingerprint density at radius 3 is 2.87 bits per heavy atom. The number of esters is 1. The molecule has 0 saturated heterocycles. The average Bonchev–Trinajstić information content (AvgIpc) is 3.40. The van der Waals surface area contributed by atoms with Crippen LogP contribution in [0.5, 0.6) is 11.5 Å². The van der Waals surface area contributed by atoms with E-state index in [1.165, 1.54) is 7.11 Å². The predicted molar refractivity (Wildman–Crippen MR) is 105 cm³/mol. The van der Waals surface area contributed by atoms with Crippen molar-refractivity contribution in [2.45, 2.75) is 12.6 Å². The van der Waals surface area contributed by atoms with Crippen LogP contribution < -0.4 is 14.8 Å². The summed E-state index contributed by atoms with van der Waals surface area (Å²) in [4.78, 5) is 29.0. The summed E-state index contributed by atoms with van der Waals surface area (Å²) in [7, 11) is 1.34. The van der Waals surface area contributed by atoms with Gasteiger partial charge in [-0.05, 0) is 36.4 Å². The lowest BCUT2D eigenvalue weighted by Crippen LogP contribution is -2.35. The van der Waals surface area contributed by atoms with Gasteiger partial charge in [0.1, 0.15) is 12.4 Å². The molecule has 0 radical (unpaired) electrons. The molecule has 0 spiro atoms. The molecule has 9 heteroatoms. The number of rotatable bonds is 4. The van der Waals surface area contributed by atoms with Gasteiger partial charge in [-0.1, -0.05) is 0 Å². The Hall–Kier alpha value is -3.59. The quantitative estimate of drug-likeness (QED) is 0.658. The van der Waals surface area contributed by atoms with Crippen molar-refractivity contribution in [3.63, 3.8) is 0 Å². The number of nitrogens with one attached hydrogen (secondary N) is 1. The van der Waals surface area contributed by atoms with Crippen LogP contribution >= 0.6 is 0 Å². The van der Waals surface area contributed by atoms with Gasteiger partial charge < -0.3 is 28.8 Å². The van der Waals surface area contributed by atoms with Crippen LogP contribution in [-0.4, -0.2) is 48.5 Å². The Balaban J connectivity index is 1.36. The number of hydrogen-bond acceptors (Lipinski definition) is 7. The number of carbonyl (C=O) groups excluding carboxylic acids is 2. The minimum Gasteiger partial charge on any atom is -0.465 e. The zero-order valence-corrected chi connectivity index (χ0v) is 16.2. The highest BCUT2D eigenvalue weighted by Crippen LogP contribution is 2.32. The van der Waals surface area contributed by atoms with Crippen LogP contribution in [0, 0.1) is 0 Å². The monoisotopic (exact) mass is 409 g/mol. The van der Waals surface area contributed by atoms with Gasteiger partial charge in [-0.2, -0.15) is 0 Å². The van der Waals surface area contributed by atoms with E-state index in [9.17, 15) is 9.59 Å². The van der Waals surface area contributed by atoms with E-state index in [1.54, 1.807) is 30.3 Å². The summed E-state index contributed by atoms with van der Waals surface area (Å²) >= 11 is 0. The number of methoxy groups -OCH3 is 1. The Bertz CT molecular complexity index is 1160. The maximum absolute atomic E-state index is 12.6. The zero-order chi connectivity index (χ0) is 20.7. The molecule has 0 saturated carbocycles. The first-order chi connectivity index (χ1) is 14.6. The molecule has 0 aliphatic carbocycles. The average molecular weight is 409 g/mol. The van der Waals surface area contributed by atoms with Crippen LogP contribution in [0.1, 0.15) is 32.6 Å². The maximum Gasteiger partial charge on any atom is 0.337 e. The lowest BCUT2D eigenvalue weighted by molar-refractivity contribution is 0.0553. The number of aromatic nitrogens is 2. The van der Waals surface area contributed by atoms with Gasteiger partial charge in [0, 0.05) is 12.1 Å². The highest BCUT2D eigenvalue weighted by atomic mass is 16.7. The van der Waals surface area contributed by atoms with Crippen LogP contribution in [0.4, 0.5) is 0 Å². The van der Waals surface area contributed by atoms with Crippen LogP contribution in [-0.2, 0) is 16.1 Å². The predicted octanol–water partition coefficient (Wildman–Crippen LogP) is 2.05. The van der Waals surface area contributed by atoms with Crippen molar-refractivity contribution >= 4 is 22.9 Å². The number of fused-ring (bicyclic) bond motifs is 4. The van der Waals surface area contributed by atoms with Crippen molar-refractivity contribution < 1.29 is 28.5 Å². The Kier molecular flexibility index (Phi) is 4.51. The van der Waals surface area contributed by atoms with E-state index in [-0.39, 0.29) is 18.7 Å². The fourth-order valence-electron chi connectivity index (χ4n) is 3.76. The van der Waals surface area contributed by atoms with Crippen molar-refractivity contribution in [1.82, 2.24) is 14.9 Å². The van der Waals surface area contributed by atoms with Crippen LogP contribution in [0.3, 0.4) is 0 Å². The van der Waals surface area contributed by atoms with Crippen molar-refractivity contribution in [3.8, 4) is 11.5 Å². The molecule has 154 valence electrons. The second-order valence-electron chi connectivity index (χ2n) is 7.04. The number of carbonyl (C=O) groups is 2. The van der Waals surface area contributed by atoms with Crippen molar-refractivity contribution in [2.75, 3.05) is 27.1 Å². The molecule has 2 aromatic carbocycles. The van der Waals surface area contributed by atoms with Crippen molar-refractivity contribution in [1.29, 1.82) is 0 Å². The summed E-state index contributed by atoms with van der Waals surface area (Å²) in [5, 5.41) is 2.96. The van der Waals surface area contributed by atoms with E-state index in [0.717, 1.165) is 11.3 Å². The SMILES string of the molecule is COC(=O)c1ccc2c(c1)nc1n2[C@@H](CNC(=O)c2ccc3c(c2)OCO3)COC1. The summed E-state index contributed by atoms with van der Waals surface area (Å²) in [6.07, 6.45) is 0. The molecule has 0 unspecified atom stereocenters. The van der Waals surface area contributed by atoms with Crippen LogP contribution in [0.15, 0.2) is 36.4 Å². The van der Waals surface area contributed by atoms with Gasteiger partial charge in [-0.3, -0.25) is 4.79 Å². The first-order valence-corrected chi connectivity index (χ1v) is 9.49. The topological polar surface area (TPSA) is 101 Å². The van der Waals surface area contributed by atoms with E-state index in [4.69, 9.17) is 18.9 Å². The highest BCUT2D eigenvalue weighted by molar-refractivity contribution is 5.95. The summed E-state index contributed by atoms with van der Waals surface area (Å²) in [6, 6.07) is 10.2. The molecule has 1 N–H and O–H groups in total. The lowest BCUT2D eigenvalue weighted by Gasteiger charge is -2.26. The minimum atomic E-state index is -0.410. The summed E-state index contributed by atoms with van der Waals surface area (Å²) in [5.41, 5.74) is 2.50. The number of ether oxygens (including phenoxy) is 4. The zero-order valence-electron chi connectivity index (χ0n) is 16.2. The molecule has 3 heterocycles. The van der Waals surface area contributed by atoms with Gasteiger partial charge in [-0.25, -0.2) is 9.78 Å². The molecular weight excluding hydrogens is 390 g/mol. The molecule has 30 heavy (non-hydrogen) atoms. The number of nitrogens with zero attached hydrogens (tertiary/aromatic N) is 2. The third kappa shape index (κ3) is 3.13.